The summed E-state index contributed by atoms with van der Waals surface area (Å²) in [7, 11) is 0. The number of aromatic nitrogens is 2. The van der Waals surface area contributed by atoms with Crippen molar-refractivity contribution in [3.63, 3.8) is 0 Å². The first kappa shape index (κ1) is 18.4. The smallest absolute Gasteiger partial charge is 0.326 e. The third kappa shape index (κ3) is 5.32. The Labute approximate surface area is 149 Å². The van der Waals surface area contributed by atoms with Crippen molar-refractivity contribution >= 4 is 11.6 Å². The molecular formula is C18H21F3N4O. The molecule has 1 aliphatic rings. The second kappa shape index (κ2) is 7.90. The van der Waals surface area contributed by atoms with Gasteiger partial charge < -0.3 is 5.32 Å². The number of hydrogen-bond donors (Lipinski definition) is 2. The summed E-state index contributed by atoms with van der Waals surface area (Å²) in [5.74, 6) is 0.0278. The number of amides is 1. The Morgan fingerprint density at radius 1 is 1.19 bits per heavy atom. The number of nitrogens with zero attached hydrogens (tertiary/aromatic N) is 2. The molecule has 0 aliphatic carbocycles. The van der Waals surface area contributed by atoms with Crippen molar-refractivity contribution in [2.75, 3.05) is 25.0 Å². The number of carbonyl (C=O) groups excluding carboxylic acids is 1. The van der Waals surface area contributed by atoms with Gasteiger partial charge in [0.15, 0.2) is 0 Å². The molecule has 26 heavy (non-hydrogen) atoms. The zero-order valence-corrected chi connectivity index (χ0v) is 14.2. The third-order valence-electron chi connectivity index (χ3n) is 4.58. The van der Waals surface area contributed by atoms with Gasteiger partial charge in [-0.25, -0.2) is 0 Å². The molecule has 0 bridgehead atoms. The molecule has 2 aromatic rings. The van der Waals surface area contributed by atoms with E-state index in [-0.39, 0.29) is 11.8 Å². The second-order valence-electron chi connectivity index (χ2n) is 6.65. The second-order valence-corrected chi connectivity index (χ2v) is 6.65. The highest BCUT2D eigenvalue weighted by atomic mass is 19.4. The van der Waals surface area contributed by atoms with E-state index in [1.54, 1.807) is 12.4 Å². The van der Waals surface area contributed by atoms with Crippen LogP contribution in [0.25, 0.3) is 11.1 Å². The highest BCUT2D eigenvalue weighted by molar-refractivity contribution is 5.91. The average molecular weight is 366 g/mol. The summed E-state index contributed by atoms with van der Waals surface area (Å²) in [4.78, 5) is 13.6. The Morgan fingerprint density at radius 2 is 1.88 bits per heavy atom. The van der Waals surface area contributed by atoms with E-state index in [9.17, 15) is 18.0 Å². The molecular weight excluding hydrogens is 345 g/mol. The molecule has 0 spiro atoms. The molecule has 140 valence electrons. The molecule has 1 aromatic carbocycles. The SMILES string of the molecule is O=C(CC1CCN(CC(F)(F)F)CC1)Nc1ccc(-c2cn[nH]c2)cc1. The zero-order valence-electron chi connectivity index (χ0n) is 14.2. The van der Waals surface area contributed by atoms with Gasteiger partial charge in [-0.15, -0.1) is 0 Å². The lowest BCUT2D eigenvalue weighted by Crippen LogP contribution is -2.40. The van der Waals surface area contributed by atoms with E-state index in [0.717, 1.165) is 11.1 Å². The van der Waals surface area contributed by atoms with Crippen LogP contribution in [-0.2, 0) is 4.79 Å². The molecule has 8 heteroatoms. The monoisotopic (exact) mass is 366 g/mol. The first-order chi connectivity index (χ1) is 12.4. The molecule has 0 radical (unpaired) electrons. The Bertz CT molecular complexity index is 705. The number of rotatable bonds is 5. The van der Waals surface area contributed by atoms with Gasteiger partial charge in [-0.3, -0.25) is 14.8 Å². The number of hydrogen-bond acceptors (Lipinski definition) is 3. The number of likely N-dealkylation sites (tertiary alicyclic amines) is 1. The molecule has 2 heterocycles. The van der Waals surface area contributed by atoms with Gasteiger partial charge in [0.1, 0.15) is 0 Å². The maximum absolute atomic E-state index is 12.4. The molecule has 1 aromatic heterocycles. The predicted molar refractivity (Wildman–Crippen MR) is 92.5 cm³/mol. The van der Waals surface area contributed by atoms with Gasteiger partial charge in [0.05, 0.1) is 12.7 Å². The minimum Gasteiger partial charge on any atom is -0.326 e. The van der Waals surface area contributed by atoms with Gasteiger partial charge in [-0.05, 0) is 49.5 Å². The van der Waals surface area contributed by atoms with Crippen molar-refractivity contribution in [1.82, 2.24) is 15.1 Å². The number of halogens is 3. The van der Waals surface area contributed by atoms with Crippen LogP contribution in [-0.4, -0.2) is 46.8 Å². The van der Waals surface area contributed by atoms with Crippen molar-refractivity contribution in [3.05, 3.63) is 36.7 Å². The van der Waals surface area contributed by atoms with E-state index < -0.39 is 12.7 Å². The van der Waals surface area contributed by atoms with Crippen LogP contribution in [0.3, 0.4) is 0 Å². The van der Waals surface area contributed by atoms with Gasteiger partial charge >= 0.3 is 6.18 Å². The number of benzene rings is 1. The molecule has 0 saturated carbocycles. The van der Waals surface area contributed by atoms with Crippen molar-refractivity contribution in [3.8, 4) is 11.1 Å². The third-order valence-corrected chi connectivity index (χ3v) is 4.58. The number of H-pyrrole nitrogens is 1. The van der Waals surface area contributed by atoms with Crippen LogP contribution in [0.15, 0.2) is 36.7 Å². The Kier molecular flexibility index (Phi) is 5.61. The van der Waals surface area contributed by atoms with Gasteiger partial charge in [0.25, 0.3) is 0 Å². The molecule has 5 nitrogen and oxygen atoms in total. The van der Waals surface area contributed by atoms with Crippen molar-refractivity contribution in [1.29, 1.82) is 0 Å². The van der Waals surface area contributed by atoms with E-state index in [2.05, 4.69) is 15.5 Å². The van der Waals surface area contributed by atoms with Crippen LogP contribution in [0, 0.1) is 5.92 Å². The molecule has 1 fully saturated rings. The fraction of sp³-hybridized carbons (Fsp3) is 0.444. The quantitative estimate of drug-likeness (QED) is 0.849. The van der Waals surface area contributed by atoms with Crippen molar-refractivity contribution < 1.29 is 18.0 Å². The van der Waals surface area contributed by atoms with Crippen LogP contribution < -0.4 is 5.32 Å². The first-order valence-electron chi connectivity index (χ1n) is 8.57. The minimum absolute atomic E-state index is 0.102. The van der Waals surface area contributed by atoms with Gasteiger partial charge in [-0.2, -0.15) is 18.3 Å². The summed E-state index contributed by atoms with van der Waals surface area (Å²) in [6.07, 6.45) is 0.916. The Hall–Kier alpha value is -2.35. The Morgan fingerprint density at radius 3 is 2.46 bits per heavy atom. The van der Waals surface area contributed by atoms with Gasteiger partial charge in [-0.1, -0.05) is 12.1 Å². The maximum atomic E-state index is 12.4. The van der Waals surface area contributed by atoms with E-state index in [1.807, 2.05) is 24.3 Å². The molecule has 0 atom stereocenters. The lowest BCUT2D eigenvalue weighted by Gasteiger charge is -2.32. The highest BCUT2D eigenvalue weighted by Gasteiger charge is 2.32. The highest BCUT2D eigenvalue weighted by Crippen LogP contribution is 2.25. The maximum Gasteiger partial charge on any atom is 0.401 e. The van der Waals surface area contributed by atoms with Crippen molar-refractivity contribution in [2.45, 2.75) is 25.4 Å². The summed E-state index contributed by atoms with van der Waals surface area (Å²) in [6, 6.07) is 7.45. The van der Waals surface area contributed by atoms with Crippen molar-refractivity contribution in [2.24, 2.45) is 5.92 Å². The zero-order chi connectivity index (χ0) is 18.6. The normalized spacial score (nSPS) is 16.6. The Balaban J connectivity index is 1.45. The summed E-state index contributed by atoms with van der Waals surface area (Å²) in [6.45, 7) is -0.0946. The number of piperidine rings is 1. The number of aromatic amines is 1. The van der Waals surface area contributed by atoms with Crippen LogP contribution in [0.2, 0.25) is 0 Å². The van der Waals surface area contributed by atoms with E-state index in [0.29, 0.717) is 38.0 Å². The number of nitrogens with one attached hydrogen (secondary N) is 2. The fourth-order valence-corrected chi connectivity index (χ4v) is 3.23. The van der Waals surface area contributed by atoms with E-state index >= 15 is 0 Å². The van der Waals surface area contributed by atoms with Crippen LogP contribution in [0.5, 0.6) is 0 Å². The standard InChI is InChI=1S/C18H21F3N4O/c19-18(20,21)12-25-7-5-13(6-8-25)9-17(26)24-16-3-1-14(2-4-16)15-10-22-23-11-15/h1-4,10-11,13H,5-9,12H2,(H,22,23)(H,24,26). The molecule has 0 unspecified atom stereocenters. The molecule has 1 saturated heterocycles. The van der Waals surface area contributed by atoms with Crippen LogP contribution in [0.1, 0.15) is 19.3 Å². The molecule has 1 aliphatic heterocycles. The molecule has 2 N–H and O–H groups in total. The summed E-state index contributed by atoms with van der Waals surface area (Å²) < 4.78 is 37.2. The van der Waals surface area contributed by atoms with E-state index in [4.69, 9.17) is 0 Å². The minimum atomic E-state index is -4.16. The number of alkyl halides is 3. The summed E-state index contributed by atoms with van der Waals surface area (Å²) in [5, 5.41) is 9.50. The molecule has 3 rings (SSSR count). The van der Waals surface area contributed by atoms with Gasteiger partial charge in [0.2, 0.25) is 5.91 Å². The van der Waals surface area contributed by atoms with Crippen LogP contribution >= 0.6 is 0 Å². The fourth-order valence-electron chi connectivity index (χ4n) is 3.23. The number of carbonyl (C=O) groups is 1. The largest absolute Gasteiger partial charge is 0.401 e. The lowest BCUT2D eigenvalue weighted by atomic mass is 9.93. The summed E-state index contributed by atoms with van der Waals surface area (Å²) in [5.41, 5.74) is 2.67. The predicted octanol–water partition coefficient (Wildman–Crippen LogP) is 3.68. The summed E-state index contributed by atoms with van der Waals surface area (Å²) >= 11 is 0. The molecule has 1 amide bonds. The average Bonchev–Trinajstić information content (AvgIpc) is 3.10. The first-order valence-corrected chi connectivity index (χ1v) is 8.57. The lowest BCUT2D eigenvalue weighted by molar-refractivity contribution is -0.149. The van der Waals surface area contributed by atoms with Crippen LogP contribution in [0.4, 0.5) is 18.9 Å². The van der Waals surface area contributed by atoms with E-state index in [1.165, 1.54) is 4.90 Å². The van der Waals surface area contributed by atoms with Gasteiger partial charge in [0, 0.05) is 23.9 Å². The number of anilines is 1. The topological polar surface area (TPSA) is 61.0 Å².